The molecule has 1 aromatic carbocycles. The van der Waals surface area contributed by atoms with E-state index < -0.39 is 0 Å². The molecule has 0 heterocycles. The molecule has 0 atom stereocenters. The summed E-state index contributed by atoms with van der Waals surface area (Å²) in [5.41, 5.74) is 0.940. The van der Waals surface area contributed by atoms with Crippen LogP contribution in [-0.4, -0.2) is 20.0 Å². The van der Waals surface area contributed by atoms with E-state index in [9.17, 15) is 4.79 Å². The minimum atomic E-state index is 0.136. The van der Waals surface area contributed by atoms with Crippen LogP contribution in [0.3, 0.4) is 0 Å². The van der Waals surface area contributed by atoms with Crippen molar-refractivity contribution in [3.8, 4) is 11.5 Å². The standard InChI is InChI=1S/C11H14O3.C2H6/c1-8(12)6-9-4-5-10(13-2)11(7-9)14-3;1-2/h4-5,7H,6H2,1-3H3;1-2H3. The number of methoxy groups -OCH3 is 2. The number of Topliss-reactive ketones (excluding diaryl/α,β-unsaturated/α-hetero) is 1. The van der Waals surface area contributed by atoms with Crippen molar-refractivity contribution in [2.45, 2.75) is 27.2 Å². The van der Waals surface area contributed by atoms with Crippen LogP contribution in [0.15, 0.2) is 18.2 Å². The molecule has 90 valence electrons. The molecule has 0 amide bonds. The van der Waals surface area contributed by atoms with Crippen LogP contribution in [0.5, 0.6) is 11.5 Å². The Bertz CT molecular complexity index is 332. The van der Waals surface area contributed by atoms with Crippen LogP contribution in [0.4, 0.5) is 0 Å². The Hall–Kier alpha value is -1.51. The first kappa shape index (κ1) is 14.5. The van der Waals surface area contributed by atoms with Crippen molar-refractivity contribution in [3.63, 3.8) is 0 Å². The monoisotopic (exact) mass is 224 g/mol. The number of ketones is 1. The zero-order valence-electron chi connectivity index (χ0n) is 10.7. The average molecular weight is 224 g/mol. The zero-order chi connectivity index (χ0) is 12.6. The van der Waals surface area contributed by atoms with Crippen molar-refractivity contribution < 1.29 is 14.3 Å². The van der Waals surface area contributed by atoms with Gasteiger partial charge in [0.1, 0.15) is 5.78 Å². The molecule has 0 spiro atoms. The van der Waals surface area contributed by atoms with Crippen LogP contribution in [0.25, 0.3) is 0 Å². The third-order valence-corrected chi connectivity index (χ3v) is 1.90. The molecule has 0 saturated carbocycles. The predicted molar refractivity (Wildman–Crippen MR) is 65.3 cm³/mol. The summed E-state index contributed by atoms with van der Waals surface area (Å²) in [6.45, 7) is 5.57. The molecule has 0 aliphatic heterocycles. The fraction of sp³-hybridized carbons (Fsp3) is 0.462. The van der Waals surface area contributed by atoms with E-state index in [0.717, 1.165) is 5.56 Å². The van der Waals surface area contributed by atoms with E-state index in [1.165, 1.54) is 0 Å². The molecule has 3 nitrogen and oxygen atoms in total. The second kappa shape index (κ2) is 7.74. The second-order valence-corrected chi connectivity index (χ2v) is 3.07. The van der Waals surface area contributed by atoms with Gasteiger partial charge in [-0.1, -0.05) is 19.9 Å². The lowest BCUT2D eigenvalue weighted by molar-refractivity contribution is -0.116. The van der Waals surface area contributed by atoms with E-state index in [2.05, 4.69) is 0 Å². The number of hydrogen-bond acceptors (Lipinski definition) is 3. The van der Waals surface area contributed by atoms with Crippen LogP contribution in [-0.2, 0) is 11.2 Å². The van der Waals surface area contributed by atoms with Crippen molar-refractivity contribution in [3.05, 3.63) is 23.8 Å². The predicted octanol–water partition coefficient (Wildman–Crippen LogP) is 2.86. The topological polar surface area (TPSA) is 35.5 Å². The minimum absolute atomic E-state index is 0.136. The van der Waals surface area contributed by atoms with Gasteiger partial charge in [-0.15, -0.1) is 0 Å². The van der Waals surface area contributed by atoms with Gasteiger partial charge in [-0.05, 0) is 24.6 Å². The van der Waals surface area contributed by atoms with Crippen molar-refractivity contribution >= 4 is 5.78 Å². The van der Waals surface area contributed by atoms with E-state index in [1.807, 2.05) is 26.0 Å². The SMILES string of the molecule is CC.COc1ccc(CC(C)=O)cc1OC. The Labute approximate surface area is 97.4 Å². The largest absolute Gasteiger partial charge is 0.493 e. The number of rotatable bonds is 4. The highest BCUT2D eigenvalue weighted by molar-refractivity contribution is 5.78. The smallest absolute Gasteiger partial charge is 0.161 e. The highest BCUT2D eigenvalue weighted by Gasteiger charge is 2.05. The zero-order valence-corrected chi connectivity index (χ0v) is 10.7. The van der Waals surface area contributed by atoms with Crippen molar-refractivity contribution in [1.82, 2.24) is 0 Å². The fourth-order valence-electron chi connectivity index (χ4n) is 1.28. The fourth-order valence-corrected chi connectivity index (χ4v) is 1.28. The first-order valence-electron chi connectivity index (χ1n) is 5.37. The molecule has 0 N–H and O–H groups in total. The highest BCUT2D eigenvalue weighted by atomic mass is 16.5. The quantitative estimate of drug-likeness (QED) is 0.789. The van der Waals surface area contributed by atoms with Gasteiger partial charge < -0.3 is 9.47 Å². The Morgan fingerprint density at radius 1 is 1.12 bits per heavy atom. The number of carbonyl (C=O) groups is 1. The molecule has 0 aliphatic rings. The summed E-state index contributed by atoms with van der Waals surface area (Å²) in [4.78, 5) is 10.9. The molecular formula is C13H20O3. The lowest BCUT2D eigenvalue weighted by atomic mass is 10.1. The average Bonchev–Trinajstić information content (AvgIpc) is 2.30. The summed E-state index contributed by atoms with van der Waals surface area (Å²) in [7, 11) is 3.16. The number of ether oxygens (including phenoxy) is 2. The minimum Gasteiger partial charge on any atom is -0.493 e. The van der Waals surface area contributed by atoms with Crippen molar-refractivity contribution in [2.75, 3.05) is 14.2 Å². The summed E-state index contributed by atoms with van der Waals surface area (Å²) < 4.78 is 10.2. The van der Waals surface area contributed by atoms with Gasteiger partial charge in [-0.25, -0.2) is 0 Å². The lowest BCUT2D eigenvalue weighted by Crippen LogP contribution is -1.98. The Morgan fingerprint density at radius 3 is 2.12 bits per heavy atom. The van der Waals surface area contributed by atoms with Gasteiger partial charge in [0, 0.05) is 6.42 Å². The second-order valence-electron chi connectivity index (χ2n) is 3.07. The van der Waals surface area contributed by atoms with Crippen LogP contribution in [0, 0.1) is 0 Å². The summed E-state index contributed by atoms with van der Waals surface area (Å²) in [5.74, 6) is 1.48. The maximum Gasteiger partial charge on any atom is 0.161 e. The highest BCUT2D eigenvalue weighted by Crippen LogP contribution is 2.27. The third-order valence-electron chi connectivity index (χ3n) is 1.90. The molecule has 0 aliphatic carbocycles. The van der Waals surface area contributed by atoms with Gasteiger partial charge in [0.15, 0.2) is 11.5 Å². The van der Waals surface area contributed by atoms with Crippen LogP contribution in [0.1, 0.15) is 26.3 Å². The Kier molecular flexibility index (Phi) is 7.01. The van der Waals surface area contributed by atoms with Crippen LogP contribution in [0.2, 0.25) is 0 Å². The van der Waals surface area contributed by atoms with Crippen LogP contribution < -0.4 is 9.47 Å². The normalized spacial score (nSPS) is 8.81. The molecule has 3 heteroatoms. The van der Waals surface area contributed by atoms with Crippen molar-refractivity contribution in [1.29, 1.82) is 0 Å². The van der Waals surface area contributed by atoms with E-state index in [4.69, 9.17) is 9.47 Å². The number of benzene rings is 1. The molecule has 1 rings (SSSR count). The van der Waals surface area contributed by atoms with Gasteiger partial charge in [0.25, 0.3) is 0 Å². The van der Waals surface area contributed by atoms with Gasteiger partial charge in [0.05, 0.1) is 14.2 Å². The summed E-state index contributed by atoms with van der Waals surface area (Å²) in [6, 6.07) is 5.49. The number of hydrogen-bond donors (Lipinski definition) is 0. The van der Waals surface area contributed by atoms with E-state index >= 15 is 0 Å². The summed E-state index contributed by atoms with van der Waals surface area (Å²) in [6.07, 6.45) is 0.431. The lowest BCUT2D eigenvalue weighted by Gasteiger charge is -2.08. The molecule has 0 unspecified atom stereocenters. The van der Waals surface area contributed by atoms with Crippen molar-refractivity contribution in [2.24, 2.45) is 0 Å². The van der Waals surface area contributed by atoms with Crippen LogP contribution >= 0.6 is 0 Å². The molecule has 0 bridgehead atoms. The maximum atomic E-state index is 10.9. The molecule has 0 aromatic heterocycles. The first-order chi connectivity index (χ1) is 7.67. The first-order valence-corrected chi connectivity index (χ1v) is 5.37. The van der Waals surface area contributed by atoms with E-state index in [-0.39, 0.29) is 5.78 Å². The van der Waals surface area contributed by atoms with E-state index in [1.54, 1.807) is 27.2 Å². The molecular weight excluding hydrogens is 204 g/mol. The third kappa shape index (κ3) is 4.34. The Morgan fingerprint density at radius 2 is 1.69 bits per heavy atom. The molecule has 1 aromatic rings. The number of carbonyl (C=O) groups excluding carboxylic acids is 1. The summed E-state index contributed by atoms with van der Waals surface area (Å²) in [5, 5.41) is 0. The van der Waals surface area contributed by atoms with E-state index in [0.29, 0.717) is 17.9 Å². The summed E-state index contributed by atoms with van der Waals surface area (Å²) >= 11 is 0. The van der Waals surface area contributed by atoms with Gasteiger partial charge in [0.2, 0.25) is 0 Å². The maximum absolute atomic E-state index is 10.9. The van der Waals surface area contributed by atoms with Gasteiger partial charge in [-0.3, -0.25) is 4.79 Å². The Balaban J connectivity index is 0.00000106. The van der Waals surface area contributed by atoms with Gasteiger partial charge in [-0.2, -0.15) is 0 Å². The molecule has 16 heavy (non-hydrogen) atoms. The van der Waals surface area contributed by atoms with Gasteiger partial charge >= 0.3 is 0 Å². The molecule has 0 radical (unpaired) electrons. The molecule has 0 fully saturated rings. The molecule has 0 saturated heterocycles.